The van der Waals surface area contributed by atoms with Crippen LogP contribution in [0.15, 0.2) is 158 Å². The molecule has 0 bridgehead atoms. The molecule has 5 atom stereocenters. The third-order valence-electron chi connectivity index (χ3n) is 21.1. The van der Waals surface area contributed by atoms with E-state index in [-0.39, 0.29) is 95.2 Å². The molecule has 10 nitrogen and oxygen atoms in total. The van der Waals surface area contributed by atoms with Crippen LogP contribution >= 0.6 is 82.5 Å². The third kappa shape index (κ3) is 32.6. The number of hydrogen-bond donors (Lipinski definition) is 0. The highest BCUT2D eigenvalue weighted by Gasteiger charge is 2.30. The van der Waals surface area contributed by atoms with Crippen LogP contribution in [0.1, 0.15) is 161 Å². The Bertz CT molecular complexity index is 5100. The van der Waals surface area contributed by atoms with E-state index in [1.54, 1.807) is 35.5 Å². The minimum absolute atomic E-state index is 0.0136. The zero-order valence-corrected chi connectivity index (χ0v) is 92.8. The van der Waals surface area contributed by atoms with E-state index >= 15 is 0 Å². The number of rotatable bonds is 30. The van der Waals surface area contributed by atoms with Crippen molar-refractivity contribution >= 4 is 162 Å². The summed E-state index contributed by atoms with van der Waals surface area (Å²) in [5, 5.41) is 21.2. The zero-order valence-electron chi connectivity index (χ0n) is 83.4. The van der Waals surface area contributed by atoms with Gasteiger partial charge in [0.05, 0.1) is 0 Å². The van der Waals surface area contributed by atoms with E-state index in [0.29, 0.717) is 42.9 Å². The molecule has 0 spiro atoms. The minimum atomic E-state index is -0.168. The highest BCUT2D eigenvalue weighted by atomic mass is 31.1. The molecule has 5 unspecified atom stereocenters. The van der Waals surface area contributed by atoms with Crippen LogP contribution in [0.3, 0.4) is 0 Å². The standard InChI is InChI=1S/C25H38O2P2.2C22H32O2P2.C19H26O2P2.C18H24O2P2/c1-17-12-11-13-21(29(9)10)23(17)28-20-15-18(24(2,3)4)14-19(25(5,6)7)22(20)27-16-26-8;1-15-12-17(22(3,4)5)20(24-14-23-6)18(13-15)25-21-16(2)10-9-11-19(21)26(7)8;1-15-10-9-11-19(26(7)8)21(15)25-18-13-17(22(3,4)5)12-16(2)20(18)24-14-23-6;1-13-10-15(3)18(21-12-20-4)16(11-13)22-19-14(2)8-7-9-17(19)23(5)6;1-13-9-10-15(20-12-19-3)16(11-13)21-18-14(2)7-6-8-17(18)22(4)5/h11-15,28H,16H2,1-10H3;2*9-13,25H,14H2,1-8H3;7-11,22H,12H2,1-6H3;6-11,21H,12H2,1-5H3. The van der Waals surface area contributed by atoms with E-state index in [1.165, 1.54) is 157 Å². The van der Waals surface area contributed by atoms with Gasteiger partial charge in [-0.2, -0.15) is 0 Å². The van der Waals surface area contributed by atoms with Gasteiger partial charge < -0.3 is 47.4 Å². The van der Waals surface area contributed by atoms with Gasteiger partial charge in [0.2, 0.25) is 0 Å². The van der Waals surface area contributed by atoms with E-state index in [9.17, 15) is 0 Å². The molecule has 126 heavy (non-hydrogen) atoms. The van der Waals surface area contributed by atoms with Gasteiger partial charge in [-0.15, -0.1) is 0 Å². The topological polar surface area (TPSA) is 92.3 Å². The zero-order chi connectivity index (χ0) is 94.0. The van der Waals surface area contributed by atoms with Gasteiger partial charge in [-0.05, 0) is 308 Å². The van der Waals surface area contributed by atoms with Crippen molar-refractivity contribution < 1.29 is 47.4 Å². The summed E-state index contributed by atoms with van der Waals surface area (Å²) in [5.74, 6) is 4.87. The average Bonchev–Trinajstić information content (AvgIpc) is 0.606. The van der Waals surface area contributed by atoms with Crippen LogP contribution in [0.5, 0.6) is 28.7 Å². The van der Waals surface area contributed by atoms with Crippen molar-refractivity contribution in [3.05, 3.63) is 236 Å². The first kappa shape index (κ1) is 110. The molecule has 10 aromatic carbocycles. The number of ether oxygens (including phenoxy) is 10. The molecule has 0 aliphatic heterocycles. The summed E-state index contributed by atoms with van der Waals surface area (Å²) in [6.07, 6.45) is 0. The van der Waals surface area contributed by atoms with Crippen molar-refractivity contribution in [1.29, 1.82) is 0 Å². The van der Waals surface area contributed by atoms with E-state index in [1.807, 2.05) is 0 Å². The Morgan fingerprint density at radius 3 is 0.802 bits per heavy atom. The van der Waals surface area contributed by atoms with Gasteiger partial charge >= 0.3 is 0 Å². The van der Waals surface area contributed by atoms with Crippen LogP contribution < -0.4 is 103 Å². The summed E-state index contributed by atoms with van der Waals surface area (Å²) >= 11 is 0. The summed E-state index contributed by atoms with van der Waals surface area (Å²) in [5.41, 5.74) is 18.4. The third-order valence-corrected chi connectivity index (χ3v) is 36.6. The molecule has 20 heteroatoms. The van der Waals surface area contributed by atoms with Gasteiger partial charge in [-0.25, -0.2) is 0 Å². The second kappa shape index (κ2) is 51.5. The van der Waals surface area contributed by atoms with Gasteiger partial charge in [0.25, 0.3) is 0 Å². The largest absolute Gasteiger partial charge is 0.467 e. The molecule has 0 aliphatic rings. The molecule has 0 saturated carbocycles. The fourth-order valence-electron chi connectivity index (χ4n) is 14.2. The smallest absolute Gasteiger partial charge is 0.188 e. The molecule has 10 rings (SSSR count). The van der Waals surface area contributed by atoms with E-state index in [2.05, 4.69) is 377 Å². The fourth-order valence-corrected chi connectivity index (χ4v) is 30.3. The molecule has 10 aromatic rings. The predicted octanol–water partition coefficient (Wildman–Crippen LogP) is 21.6. The number of hydrogen-bond acceptors (Lipinski definition) is 10. The Kier molecular flexibility index (Phi) is 45.0. The summed E-state index contributed by atoms with van der Waals surface area (Å²) in [6.45, 7) is 73.6. The highest BCUT2D eigenvalue weighted by Crippen LogP contribution is 2.42. The van der Waals surface area contributed by atoms with Crippen LogP contribution in [0, 0.1) is 69.2 Å². The van der Waals surface area contributed by atoms with Gasteiger partial charge in [-0.3, -0.25) is 0 Å². The maximum absolute atomic E-state index is 6.21. The number of aryl methyl sites for hydroxylation is 10. The molecule has 686 valence electrons. The second-order valence-corrected chi connectivity index (χ2v) is 55.2. The Balaban J connectivity index is 0.000000244. The van der Waals surface area contributed by atoms with Gasteiger partial charge in [0.15, 0.2) is 34.0 Å². The first-order valence-electron chi connectivity index (χ1n) is 43.1. The van der Waals surface area contributed by atoms with Crippen LogP contribution in [-0.2, 0) is 45.3 Å². The average molecular weight is 1900 g/mol. The highest BCUT2D eigenvalue weighted by molar-refractivity contribution is 7.70. The molecular formula is C106H152O10P10. The number of benzene rings is 10. The summed E-state index contributed by atoms with van der Waals surface area (Å²) in [6, 6.07) is 58.0. The Morgan fingerprint density at radius 1 is 0.238 bits per heavy atom. The molecule has 0 aromatic heterocycles. The molecule has 0 amide bonds. The fraction of sp³-hybridized carbons (Fsp3) is 0.434. The summed E-state index contributed by atoms with van der Waals surface area (Å²) in [7, 11) is 10.6. The first-order chi connectivity index (χ1) is 59.1. The lowest BCUT2D eigenvalue weighted by Crippen LogP contribution is -2.27. The van der Waals surface area contributed by atoms with Gasteiger partial charge in [0, 0.05) is 73.2 Å². The van der Waals surface area contributed by atoms with E-state index in [4.69, 9.17) is 47.4 Å². The monoisotopic (exact) mass is 1890 g/mol. The Morgan fingerprint density at radius 2 is 0.492 bits per heavy atom. The van der Waals surface area contributed by atoms with Crippen LogP contribution in [-0.4, -0.2) is 136 Å². The minimum Gasteiger partial charge on any atom is -0.467 e. The van der Waals surface area contributed by atoms with Crippen molar-refractivity contribution in [2.45, 2.75) is 174 Å². The lowest BCUT2D eigenvalue weighted by Gasteiger charge is -2.29. The summed E-state index contributed by atoms with van der Waals surface area (Å²) in [4.78, 5) is 0. The van der Waals surface area contributed by atoms with Crippen molar-refractivity contribution in [3.8, 4) is 28.7 Å². The maximum atomic E-state index is 6.21. The predicted molar refractivity (Wildman–Crippen MR) is 579 cm³/mol. The SMILES string of the molecule is COCOc1c(C)cc(C(C)(C)C)cc1Pc1c(C)cccc1P(C)C.COCOc1c(C)cc(C)cc1Pc1c(C)cccc1P(C)C.COCOc1c(Pc2c(C)cccc2P(C)C)cc(C(C)(C)C)cc1C(C)(C)C.COCOc1c(Pc2c(C)cccc2P(C)C)cc(C)cc1C(C)(C)C.COCOc1ccc(C)cc1Pc1c(C)cccc1P(C)C. The molecular weight excluding hydrogens is 1740 g/mol. The summed E-state index contributed by atoms with van der Waals surface area (Å²) < 4.78 is 55.8. The first-order valence-corrected chi connectivity index (χ1v) is 59.3. The van der Waals surface area contributed by atoms with Gasteiger partial charge in [-0.1, -0.05) is 292 Å². The Hall–Kier alpha value is -4.70. The molecule has 0 radical (unpaired) electrons. The van der Waals surface area contributed by atoms with E-state index < -0.39 is 0 Å². The lowest BCUT2D eigenvalue weighted by molar-refractivity contribution is 0.0504. The van der Waals surface area contributed by atoms with Crippen LogP contribution in [0.25, 0.3) is 0 Å². The van der Waals surface area contributed by atoms with Crippen molar-refractivity contribution in [3.63, 3.8) is 0 Å². The van der Waals surface area contributed by atoms with Crippen LogP contribution in [0.4, 0.5) is 0 Å². The molecule has 0 N–H and O–H groups in total. The lowest BCUT2D eigenvalue weighted by atomic mass is 9.80. The second-order valence-electron chi connectivity index (χ2n) is 37.4. The maximum Gasteiger partial charge on any atom is 0.188 e. The quantitative estimate of drug-likeness (QED) is 0.0320. The van der Waals surface area contributed by atoms with Gasteiger partial charge in [0.1, 0.15) is 28.7 Å². The van der Waals surface area contributed by atoms with E-state index in [0.717, 1.165) is 28.7 Å². The number of methoxy groups -OCH3 is 5. The van der Waals surface area contributed by atoms with Crippen molar-refractivity contribution in [2.24, 2.45) is 0 Å². The van der Waals surface area contributed by atoms with Crippen molar-refractivity contribution in [2.75, 3.05) is 136 Å². The molecule has 0 aliphatic carbocycles. The Labute approximate surface area is 778 Å². The molecule has 0 fully saturated rings. The molecule has 0 saturated heterocycles. The van der Waals surface area contributed by atoms with Crippen molar-refractivity contribution in [1.82, 2.24) is 0 Å². The molecule has 0 heterocycles. The van der Waals surface area contributed by atoms with Crippen LogP contribution in [0.2, 0.25) is 0 Å². The normalized spacial score (nSPS) is 12.2.